The summed E-state index contributed by atoms with van der Waals surface area (Å²) in [6.07, 6.45) is 3.52. The van der Waals surface area contributed by atoms with Crippen LogP contribution >= 0.6 is 0 Å². The fourth-order valence-electron chi connectivity index (χ4n) is 1.87. The summed E-state index contributed by atoms with van der Waals surface area (Å²) in [5.74, 6) is 0. The maximum absolute atomic E-state index is 8.89. The van der Waals surface area contributed by atoms with E-state index in [-0.39, 0.29) is 5.41 Å². The average Bonchev–Trinajstić information content (AvgIpc) is 1.86. The van der Waals surface area contributed by atoms with Gasteiger partial charge < -0.3 is 0 Å². The van der Waals surface area contributed by atoms with Crippen molar-refractivity contribution in [1.29, 1.82) is 5.26 Å². The van der Waals surface area contributed by atoms with E-state index in [1.165, 1.54) is 12.0 Å². The van der Waals surface area contributed by atoms with Crippen molar-refractivity contribution in [3.63, 3.8) is 0 Å². The standard InChI is InChI=1S/C10H15N/c1-8-5-4-6-10(2,3)9(8)7-11/h4-6H2,1-3H3/i1+1,2+1,3+1,4+1,5+1,6+1,7+1,8+1,9+1,10+1. The van der Waals surface area contributed by atoms with Gasteiger partial charge in [0.05, 0.1) is 6.07 Å². The van der Waals surface area contributed by atoms with E-state index in [1.54, 1.807) is 0 Å². The third-order valence-electron chi connectivity index (χ3n) is 2.57. The highest BCUT2D eigenvalue weighted by Gasteiger charge is 2.27. The van der Waals surface area contributed by atoms with Crippen molar-refractivity contribution in [3.05, 3.63) is 11.1 Å². The summed E-state index contributed by atoms with van der Waals surface area (Å²) in [4.78, 5) is 0. The van der Waals surface area contributed by atoms with E-state index in [0.717, 1.165) is 18.4 Å². The van der Waals surface area contributed by atoms with Gasteiger partial charge in [-0.2, -0.15) is 5.26 Å². The minimum atomic E-state index is 0.136. The zero-order chi connectivity index (χ0) is 8.48. The van der Waals surface area contributed by atoms with Crippen LogP contribution in [0.5, 0.6) is 0 Å². The highest BCUT2D eigenvalue weighted by Crippen LogP contribution is 2.39. The SMILES string of the molecule is [13CH3][13C]1=[13C]([13C]#N)[13C]([13CH3])([13CH3])[13CH2][13CH2][13CH2]1. The third-order valence-corrected chi connectivity index (χ3v) is 2.57. The predicted octanol–water partition coefficient (Wildman–Crippen LogP) is 3.04. The maximum Gasteiger partial charge on any atom is 0.0952 e. The van der Waals surface area contributed by atoms with Crippen LogP contribution in [0, 0.1) is 16.7 Å². The number of rotatable bonds is 0. The van der Waals surface area contributed by atoms with Crippen molar-refractivity contribution in [1.82, 2.24) is 0 Å². The molecule has 1 nitrogen and oxygen atoms in total. The molecule has 0 unspecified atom stereocenters. The van der Waals surface area contributed by atoms with E-state index in [0.29, 0.717) is 0 Å². The summed E-state index contributed by atoms with van der Waals surface area (Å²) in [6, 6.07) is 2.32. The molecule has 0 aliphatic heterocycles. The normalized spacial score (nSPS) is 23.1. The quantitative estimate of drug-likeness (QED) is 0.498. The van der Waals surface area contributed by atoms with Crippen molar-refractivity contribution in [3.8, 4) is 6.07 Å². The van der Waals surface area contributed by atoms with Crippen molar-refractivity contribution >= 4 is 0 Å². The fourth-order valence-corrected chi connectivity index (χ4v) is 1.87. The molecule has 1 heteroatoms. The lowest BCUT2D eigenvalue weighted by atomic mass is 10.7. The Labute approximate surface area is 68.7 Å². The van der Waals surface area contributed by atoms with Crippen LogP contribution in [-0.4, -0.2) is 0 Å². The van der Waals surface area contributed by atoms with E-state index in [2.05, 4.69) is 26.8 Å². The molecule has 0 N–H and O–H groups in total. The molecule has 0 aromatic rings. The van der Waals surface area contributed by atoms with Gasteiger partial charge in [0.2, 0.25) is 0 Å². The van der Waals surface area contributed by atoms with Crippen molar-refractivity contribution in [2.75, 3.05) is 0 Å². The number of allylic oxidation sites excluding steroid dienone is 2. The summed E-state index contributed by atoms with van der Waals surface area (Å²) in [5.41, 5.74) is 2.45. The van der Waals surface area contributed by atoms with Crippen LogP contribution in [0.15, 0.2) is 11.1 Å². The molecule has 0 atom stereocenters. The third kappa shape index (κ3) is 1.45. The summed E-state index contributed by atoms with van der Waals surface area (Å²) in [6.45, 7) is 6.40. The molecular weight excluding hydrogens is 144 g/mol. The van der Waals surface area contributed by atoms with E-state index < -0.39 is 0 Å². The summed E-state index contributed by atoms with van der Waals surface area (Å²) in [5, 5.41) is 8.89. The van der Waals surface area contributed by atoms with E-state index >= 15 is 0 Å². The van der Waals surface area contributed by atoms with Gasteiger partial charge in [0, 0.05) is 5.57 Å². The Bertz CT molecular complexity index is 228. The first-order valence-corrected chi connectivity index (χ1v) is 4.18. The lowest BCUT2D eigenvalue weighted by Crippen LogP contribution is -2.19. The second-order valence-electron chi connectivity index (χ2n) is 4.00. The summed E-state index contributed by atoms with van der Waals surface area (Å²) < 4.78 is 0. The van der Waals surface area contributed by atoms with Gasteiger partial charge in [-0.25, -0.2) is 0 Å². The lowest BCUT2D eigenvalue weighted by Gasteiger charge is -2.30. The Morgan fingerprint density at radius 1 is 1.45 bits per heavy atom. The van der Waals surface area contributed by atoms with E-state index in [9.17, 15) is 0 Å². The minimum Gasteiger partial charge on any atom is -0.193 e. The van der Waals surface area contributed by atoms with Crippen molar-refractivity contribution in [2.24, 2.45) is 5.41 Å². The van der Waals surface area contributed by atoms with Crippen molar-refractivity contribution in [2.45, 2.75) is 40.0 Å². The molecule has 11 heavy (non-hydrogen) atoms. The highest BCUT2D eigenvalue weighted by molar-refractivity contribution is 5.34. The lowest BCUT2D eigenvalue weighted by molar-refractivity contribution is 0.379. The number of hydrogen-bond donors (Lipinski definition) is 0. The van der Waals surface area contributed by atoms with Crippen LogP contribution in [0.2, 0.25) is 0 Å². The topological polar surface area (TPSA) is 23.8 Å². The highest BCUT2D eigenvalue weighted by atomic mass is 15.3. The molecule has 0 saturated carbocycles. The summed E-state index contributed by atoms with van der Waals surface area (Å²) in [7, 11) is 0. The molecule has 1 rings (SSSR count). The van der Waals surface area contributed by atoms with Gasteiger partial charge in [0.15, 0.2) is 0 Å². The largest absolute Gasteiger partial charge is 0.193 e. The molecule has 0 bridgehead atoms. The molecule has 0 aromatic carbocycles. The first-order valence-electron chi connectivity index (χ1n) is 4.18. The van der Waals surface area contributed by atoms with Crippen molar-refractivity contribution < 1.29 is 0 Å². The second-order valence-corrected chi connectivity index (χ2v) is 4.00. The van der Waals surface area contributed by atoms with Gasteiger partial charge in [0.1, 0.15) is 0 Å². The molecule has 0 fully saturated rings. The van der Waals surface area contributed by atoms with Gasteiger partial charge in [-0.1, -0.05) is 19.4 Å². The monoisotopic (exact) mass is 159 g/mol. The zero-order valence-electron chi connectivity index (χ0n) is 7.57. The van der Waals surface area contributed by atoms with E-state index in [1.807, 2.05) is 0 Å². The molecular formula is C10H15N. The van der Waals surface area contributed by atoms with Gasteiger partial charge >= 0.3 is 0 Å². The van der Waals surface area contributed by atoms with Gasteiger partial charge in [-0.3, -0.25) is 0 Å². The molecule has 0 amide bonds. The van der Waals surface area contributed by atoms with Crippen LogP contribution in [0.25, 0.3) is 0 Å². The summed E-state index contributed by atoms with van der Waals surface area (Å²) >= 11 is 0. The molecule has 1 aliphatic rings. The Kier molecular flexibility index (Phi) is 2.04. The first kappa shape index (κ1) is 8.33. The Balaban J connectivity index is 3.04. The van der Waals surface area contributed by atoms with Crippen LogP contribution in [0.3, 0.4) is 0 Å². The molecule has 0 radical (unpaired) electrons. The first-order chi connectivity index (χ1) is 5.08. The fraction of sp³-hybridized carbons (Fsp3) is 0.700. The minimum absolute atomic E-state index is 0.136. The van der Waals surface area contributed by atoms with E-state index in [4.69, 9.17) is 5.26 Å². The van der Waals surface area contributed by atoms with Gasteiger partial charge in [-0.05, 0) is 31.6 Å². The van der Waals surface area contributed by atoms with Gasteiger partial charge in [-0.15, -0.1) is 0 Å². The number of nitriles is 1. The molecule has 0 aromatic heterocycles. The molecule has 0 heterocycles. The van der Waals surface area contributed by atoms with Crippen LogP contribution < -0.4 is 0 Å². The smallest absolute Gasteiger partial charge is 0.0952 e. The number of hydrogen-bond acceptors (Lipinski definition) is 1. The Hall–Kier alpha value is -0.770. The zero-order valence-corrected chi connectivity index (χ0v) is 7.57. The molecule has 0 saturated heterocycles. The molecule has 60 valence electrons. The van der Waals surface area contributed by atoms with Crippen LogP contribution in [0.1, 0.15) is 40.0 Å². The number of nitrogens with zero attached hydrogens (tertiary/aromatic N) is 1. The van der Waals surface area contributed by atoms with Crippen LogP contribution in [0.4, 0.5) is 0 Å². The van der Waals surface area contributed by atoms with Crippen LogP contribution in [-0.2, 0) is 0 Å². The van der Waals surface area contributed by atoms with Gasteiger partial charge in [0.25, 0.3) is 0 Å². The molecule has 1 aliphatic carbocycles. The average molecular weight is 159 g/mol. The predicted molar refractivity (Wildman–Crippen MR) is 45.9 cm³/mol. The Morgan fingerprint density at radius 2 is 2.09 bits per heavy atom. The maximum atomic E-state index is 8.89. The molecule has 0 spiro atoms. The second kappa shape index (κ2) is 2.70. The Morgan fingerprint density at radius 3 is 2.45 bits per heavy atom.